The van der Waals surface area contributed by atoms with E-state index in [0.29, 0.717) is 5.82 Å². The average Bonchev–Trinajstić information content (AvgIpc) is 3.44. The lowest BCUT2D eigenvalue weighted by Gasteiger charge is -2.40. The Morgan fingerprint density at radius 1 is 0.966 bits per heavy atom. The summed E-state index contributed by atoms with van der Waals surface area (Å²) in [5.41, 5.74) is 0.925. The van der Waals surface area contributed by atoms with Crippen LogP contribution < -0.4 is 4.90 Å². The normalized spacial score (nSPS) is 22.0. The number of rotatable bonds is 3. The monoisotopic (exact) mass is 413 g/mol. The van der Waals surface area contributed by atoms with Crippen LogP contribution in [0, 0.1) is 6.92 Å². The molecule has 2 aromatic heterocycles. The van der Waals surface area contributed by atoms with E-state index >= 15 is 0 Å². The number of nitrogens with zero attached hydrogens (tertiary/aromatic N) is 5. The Kier molecular flexibility index (Phi) is 5.43. The number of anilines is 1. The SMILES string of the molecule is Cc1scc2nc(C(=O)N3CCN(C4CCCCC4)CC3)nc(N3CCCC3)c12. The van der Waals surface area contributed by atoms with Crippen molar-refractivity contribution in [3.05, 3.63) is 16.1 Å². The van der Waals surface area contributed by atoms with Gasteiger partial charge in [-0.25, -0.2) is 9.97 Å². The number of aromatic nitrogens is 2. The Morgan fingerprint density at radius 3 is 2.41 bits per heavy atom. The number of hydrogen-bond acceptors (Lipinski definition) is 6. The smallest absolute Gasteiger partial charge is 0.291 e. The van der Waals surface area contributed by atoms with Gasteiger partial charge >= 0.3 is 0 Å². The number of amides is 1. The van der Waals surface area contributed by atoms with Crippen LogP contribution in [0.4, 0.5) is 5.82 Å². The molecule has 2 aliphatic heterocycles. The van der Waals surface area contributed by atoms with Gasteiger partial charge in [0.2, 0.25) is 5.82 Å². The molecule has 0 atom stereocenters. The first kappa shape index (κ1) is 19.2. The van der Waals surface area contributed by atoms with Crippen molar-refractivity contribution in [1.82, 2.24) is 19.8 Å². The lowest BCUT2D eigenvalue weighted by Crippen LogP contribution is -2.52. The molecule has 0 bridgehead atoms. The second kappa shape index (κ2) is 8.19. The summed E-state index contributed by atoms with van der Waals surface area (Å²) in [6, 6.07) is 0.726. The Bertz CT molecular complexity index is 877. The van der Waals surface area contributed by atoms with Crippen LogP contribution >= 0.6 is 11.3 Å². The molecule has 3 aliphatic rings. The number of hydrogen-bond donors (Lipinski definition) is 0. The molecule has 1 saturated carbocycles. The van der Waals surface area contributed by atoms with Gasteiger partial charge in [0, 0.05) is 55.6 Å². The molecule has 0 aromatic carbocycles. The van der Waals surface area contributed by atoms with E-state index in [0.717, 1.165) is 62.0 Å². The predicted octanol–water partition coefficient (Wildman–Crippen LogP) is 3.69. The fourth-order valence-corrected chi connectivity index (χ4v) is 6.00. The molecule has 156 valence electrons. The van der Waals surface area contributed by atoms with Crippen molar-refractivity contribution in [2.45, 2.75) is 57.9 Å². The van der Waals surface area contributed by atoms with Crippen molar-refractivity contribution in [2.24, 2.45) is 0 Å². The fourth-order valence-electron chi connectivity index (χ4n) is 5.22. The van der Waals surface area contributed by atoms with Gasteiger partial charge in [0.15, 0.2) is 0 Å². The highest BCUT2D eigenvalue weighted by atomic mass is 32.1. The van der Waals surface area contributed by atoms with Crippen LogP contribution in [0.3, 0.4) is 0 Å². The first-order valence-corrected chi connectivity index (χ1v) is 12.1. The Morgan fingerprint density at radius 2 is 1.69 bits per heavy atom. The molecule has 2 aromatic rings. The molecule has 3 fully saturated rings. The molecule has 5 rings (SSSR count). The summed E-state index contributed by atoms with van der Waals surface area (Å²) in [4.78, 5) is 30.9. The standard InChI is InChI=1S/C22H31N5OS/c1-16-19-18(15-29-16)23-20(24-21(19)26-9-5-6-10-26)22(28)27-13-11-25(12-14-27)17-7-3-2-4-8-17/h15,17H,2-14H2,1H3. The number of thiophene rings is 1. The van der Waals surface area contributed by atoms with Crippen LogP contribution in [0.15, 0.2) is 5.38 Å². The van der Waals surface area contributed by atoms with Gasteiger partial charge in [0.05, 0.1) is 10.9 Å². The van der Waals surface area contributed by atoms with Gasteiger partial charge in [-0.1, -0.05) is 19.3 Å². The zero-order valence-electron chi connectivity index (χ0n) is 17.4. The molecule has 0 unspecified atom stereocenters. The van der Waals surface area contributed by atoms with E-state index < -0.39 is 0 Å². The van der Waals surface area contributed by atoms with Crippen molar-refractivity contribution >= 4 is 34.0 Å². The molecule has 7 heteroatoms. The zero-order valence-corrected chi connectivity index (χ0v) is 18.2. The van der Waals surface area contributed by atoms with Gasteiger partial charge in [0.1, 0.15) is 5.82 Å². The van der Waals surface area contributed by atoms with E-state index in [1.165, 1.54) is 49.8 Å². The maximum Gasteiger partial charge on any atom is 0.291 e. The molecular weight excluding hydrogens is 382 g/mol. The molecule has 0 radical (unpaired) electrons. The minimum absolute atomic E-state index is 0.000468. The van der Waals surface area contributed by atoms with E-state index in [1.54, 1.807) is 11.3 Å². The van der Waals surface area contributed by atoms with Crippen LogP contribution in [0.2, 0.25) is 0 Å². The molecule has 1 amide bonds. The summed E-state index contributed by atoms with van der Waals surface area (Å²) in [5.74, 6) is 1.35. The highest BCUT2D eigenvalue weighted by molar-refractivity contribution is 7.11. The van der Waals surface area contributed by atoms with Gasteiger partial charge < -0.3 is 9.80 Å². The third-order valence-corrected chi connectivity index (χ3v) is 7.81. The van der Waals surface area contributed by atoms with Crippen molar-refractivity contribution in [3.8, 4) is 0 Å². The van der Waals surface area contributed by atoms with Crippen LogP contribution in [-0.4, -0.2) is 71.0 Å². The second-order valence-corrected chi connectivity index (χ2v) is 9.82. The summed E-state index contributed by atoms with van der Waals surface area (Å²) >= 11 is 1.70. The maximum atomic E-state index is 13.3. The zero-order chi connectivity index (χ0) is 19.8. The molecule has 6 nitrogen and oxygen atoms in total. The third-order valence-electron chi connectivity index (χ3n) is 6.91. The highest BCUT2D eigenvalue weighted by Gasteiger charge is 2.30. The van der Waals surface area contributed by atoms with Gasteiger partial charge in [-0.05, 0) is 32.6 Å². The Balaban J connectivity index is 1.34. The predicted molar refractivity (Wildman–Crippen MR) is 118 cm³/mol. The van der Waals surface area contributed by atoms with E-state index in [2.05, 4.69) is 27.1 Å². The van der Waals surface area contributed by atoms with E-state index in [4.69, 9.17) is 4.98 Å². The van der Waals surface area contributed by atoms with Crippen molar-refractivity contribution in [3.63, 3.8) is 0 Å². The van der Waals surface area contributed by atoms with Crippen molar-refractivity contribution in [1.29, 1.82) is 0 Å². The first-order valence-electron chi connectivity index (χ1n) is 11.2. The number of carbonyl (C=O) groups is 1. The number of aryl methyl sites for hydroxylation is 1. The van der Waals surface area contributed by atoms with E-state index in [9.17, 15) is 4.79 Å². The third kappa shape index (κ3) is 3.75. The molecular formula is C22H31N5OS. The van der Waals surface area contributed by atoms with Gasteiger partial charge in [-0.2, -0.15) is 0 Å². The van der Waals surface area contributed by atoms with Gasteiger partial charge in [-0.15, -0.1) is 11.3 Å². The minimum Gasteiger partial charge on any atom is -0.356 e. The molecule has 2 saturated heterocycles. The molecule has 0 N–H and O–H groups in total. The molecule has 0 spiro atoms. The molecule has 4 heterocycles. The van der Waals surface area contributed by atoms with Crippen molar-refractivity contribution in [2.75, 3.05) is 44.2 Å². The minimum atomic E-state index is -0.000468. The Hall–Kier alpha value is -1.73. The maximum absolute atomic E-state index is 13.3. The van der Waals surface area contributed by atoms with Crippen LogP contribution in [0.5, 0.6) is 0 Å². The highest BCUT2D eigenvalue weighted by Crippen LogP contribution is 2.33. The van der Waals surface area contributed by atoms with E-state index in [-0.39, 0.29) is 5.91 Å². The van der Waals surface area contributed by atoms with Crippen molar-refractivity contribution < 1.29 is 4.79 Å². The summed E-state index contributed by atoms with van der Waals surface area (Å²) in [6.45, 7) is 7.72. The largest absolute Gasteiger partial charge is 0.356 e. The summed E-state index contributed by atoms with van der Waals surface area (Å²) in [5, 5.41) is 3.21. The molecule has 29 heavy (non-hydrogen) atoms. The quantitative estimate of drug-likeness (QED) is 0.768. The summed E-state index contributed by atoms with van der Waals surface area (Å²) in [7, 11) is 0. The molecule has 1 aliphatic carbocycles. The summed E-state index contributed by atoms with van der Waals surface area (Å²) in [6.07, 6.45) is 9.14. The van der Waals surface area contributed by atoms with Crippen LogP contribution in [0.1, 0.15) is 60.4 Å². The summed E-state index contributed by atoms with van der Waals surface area (Å²) < 4.78 is 0. The Labute approximate surface area is 176 Å². The fraction of sp³-hybridized carbons (Fsp3) is 0.682. The van der Waals surface area contributed by atoms with Gasteiger partial charge in [0.25, 0.3) is 5.91 Å². The lowest BCUT2D eigenvalue weighted by atomic mass is 9.94. The topological polar surface area (TPSA) is 52.6 Å². The average molecular weight is 414 g/mol. The van der Waals surface area contributed by atoms with Gasteiger partial charge in [-0.3, -0.25) is 9.69 Å². The second-order valence-electron chi connectivity index (χ2n) is 8.74. The number of fused-ring (bicyclic) bond motifs is 1. The van der Waals surface area contributed by atoms with Crippen LogP contribution in [-0.2, 0) is 0 Å². The number of carbonyl (C=O) groups excluding carboxylic acids is 1. The van der Waals surface area contributed by atoms with E-state index in [1.807, 2.05) is 4.90 Å². The van der Waals surface area contributed by atoms with Crippen LogP contribution in [0.25, 0.3) is 10.9 Å². The number of piperazine rings is 1. The first-order chi connectivity index (χ1) is 14.2. The lowest BCUT2D eigenvalue weighted by molar-refractivity contribution is 0.0513.